The van der Waals surface area contributed by atoms with Crippen LogP contribution < -0.4 is 10.1 Å². The molecule has 138 valence electrons. The number of amides is 1. The van der Waals surface area contributed by atoms with Crippen molar-refractivity contribution in [2.45, 2.75) is 18.9 Å². The van der Waals surface area contributed by atoms with Gasteiger partial charge in [-0.05, 0) is 37.1 Å². The number of nitrogens with one attached hydrogen (secondary N) is 1. The summed E-state index contributed by atoms with van der Waals surface area (Å²) in [6, 6.07) is 17.3. The summed E-state index contributed by atoms with van der Waals surface area (Å²) in [6.45, 7) is 1.31. The van der Waals surface area contributed by atoms with E-state index in [-0.39, 0.29) is 12.0 Å². The highest BCUT2D eigenvalue weighted by Crippen LogP contribution is 2.27. The third kappa shape index (κ3) is 3.78. The van der Waals surface area contributed by atoms with Gasteiger partial charge in [0.1, 0.15) is 5.75 Å². The standard InChI is InChI=1S/C22H22N2O3/c1-26-16-7-4-6-15(12-16)21-13-19(18-9-2-3-10-20(18)24-21)22(25)23-14-17-8-5-11-27-17/h2-4,6-7,9-10,12-13,17H,5,8,11,14H2,1H3,(H,23,25)/t17-/m0/s1. The van der Waals surface area contributed by atoms with Gasteiger partial charge >= 0.3 is 0 Å². The highest BCUT2D eigenvalue weighted by molar-refractivity contribution is 6.07. The molecular formula is C22H22N2O3. The lowest BCUT2D eigenvalue weighted by Gasteiger charge is -2.13. The van der Waals surface area contributed by atoms with Crippen LogP contribution in [0.1, 0.15) is 23.2 Å². The zero-order chi connectivity index (χ0) is 18.6. The SMILES string of the molecule is COc1cccc(-c2cc(C(=O)NC[C@@H]3CCCO3)c3ccccc3n2)c1. The molecule has 1 aliphatic rings. The maximum atomic E-state index is 12.9. The molecule has 3 aromatic rings. The molecule has 1 aliphatic heterocycles. The molecule has 27 heavy (non-hydrogen) atoms. The zero-order valence-electron chi connectivity index (χ0n) is 15.3. The van der Waals surface area contributed by atoms with Gasteiger partial charge in [-0.1, -0.05) is 30.3 Å². The Balaban J connectivity index is 1.70. The second kappa shape index (κ2) is 7.76. The van der Waals surface area contributed by atoms with Crippen LogP contribution in [0.25, 0.3) is 22.2 Å². The molecule has 1 amide bonds. The number of hydrogen-bond donors (Lipinski definition) is 1. The lowest BCUT2D eigenvalue weighted by molar-refractivity contribution is 0.0859. The average molecular weight is 362 g/mol. The minimum atomic E-state index is -0.103. The molecule has 0 bridgehead atoms. The quantitative estimate of drug-likeness (QED) is 0.750. The van der Waals surface area contributed by atoms with E-state index in [4.69, 9.17) is 14.5 Å². The molecular weight excluding hydrogens is 340 g/mol. The summed E-state index contributed by atoms with van der Waals surface area (Å²) in [5.41, 5.74) is 3.07. The van der Waals surface area contributed by atoms with Crippen LogP contribution in [0.5, 0.6) is 5.75 Å². The molecule has 1 N–H and O–H groups in total. The largest absolute Gasteiger partial charge is 0.497 e. The van der Waals surface area contributed by atoms with Gasteiger partial charge in [-0.3, -0.25) is 4.79 Å². The number of nitrogens with zero attached hydrogens (tertiary/aromatic N) is 1. The summed E-state index contributed by atoms with van der Waals surface area (Å²) in [7, 11) is 1.64. The highest BCUT2D eigenvalue weighted by Gasteiger charge is 2.18. The maximum absolute atomic E-state index is 12.9. The van der Waals surface area contributed by atoms with Crippen LogP contribution in [-0.2, 0) is 4.74 Å². The molecule has 1 saturated heterocycles. The van der Waals surface area contributed by atoms with Gasteiger partial charge in [0.2, 0.25) is 0 Å². The topological polar surface area (TPSA) is 60.5 Å². The van der Waals surface area contributed by atoms with Crippen LogP contribution in [0.4, 0.5) is 0 Å². The number of para-hydroxylation sites is 1. The van der Waals surface area contributed by atoms with Gasteiger partial charge in [0.05, 0.1) is 30.0 Å². The first-order valence-electron chi connectivity index (χ1n) is 9.18. The number of ether oxygens (including phenoxy) is 2. The van der Waals surface area contributed by atoms with E-state index in [1.165, 1.54) is 0 Å². The molecule has 5 heteroatoms. The van der Waals surface area contributed by atoms with E-state index in [9.17, 15) is 4.79 Å². The number of benzene rings is 2. The molecule has 1 atom stereocenters. The second-order valence-corrected chi connectivity index (χ2v) is 6.65. The Morgan fingerprint density at radius 1 is 1.22 bits per heavy atom. The Morgan fingerprint density at radius 2 is 2.11 bits per heavy atom. The van der Waals surface area contributed by atoms with Gasteiger partial charge in [0, 0.05) is 24.1 Å². The molecule has 1 fully saturated rings. The minimum absolute atomic E-state index is 0.103. The van der Waals surface area contributed by atoms with Gasteiger partial charge in [-0.15, -0.1) is 0 Å². The minimum Gasteiger partial charge on any atom is -0.497 e. The third-order valence-corrected chi connectivity index (χ3v) is 4.84. The number of carbonyl (C=O) groups excluding carboxylic acids is 1. The van der Waals surface area contributed by atoms with Crippen LogP contribution in [0.15, 0.2) is 54.6 Å². The molecule has 1 aromatic heterocycles. The van der Waals surface area contributed by atoms with E-state index in [1.54, 1.807) is 7.11 Å². The summed E-state index contributed by atoms with van der Waals surface area (Å²) in [4.78, 5) is 17.6. The van der Waals surface area contributed by atoms with Crippen LogP contribution in [0, 0.1) is 0 Å². The third-order valence-electron chi connectivity index (χ3n) is 4.84. The molecule has 0 saturated carbocycles. The van der Waals surface area contributed by atoms with Gasteiger partial charge in [0.25, 0.3) is 5.91 Å². The summed E-state index contributed by atoms with van der Waals surface area (Å²) in [5.74, 6) is 0.653. The predicted molar refractivity (Wildman–Crippen MR) is 105 cm³/mol. The van der Waals surface area contributed by atoms with E-state index in [1.807, 2.05) is 54.6 Å². The smallest absolute Gasteiger partial charge is 0.252 e. The second-order valence-electron chi connectivity index (χ2n) is 6.65. The molecule has 0 spiro atoms. The molecule has 4 rings (SSSR count). The van der Waals surface area contributed by atoms with Gasteiger partial charge in [-0.25, -0.2) is 4.98 Å². The van der Waals surface area contributed by atoms with E-state index >= 15 is 0 Å². The lowest BCUT2D eigenvalue weighted by atomic mass is 10.0. The molecule has 0 radical (unpaired) electrons. The Morgan fingerprint density at radius 3 is 2.93 bits per heavy atom. The highest BCUT2D eigenvalue weighted by atomic mass is 16.5. The first-order valence-corrected chi connectivity index (χ1v) is 9.18. The van der Waals surface area contributed by atoms with Crippen molar-refractivity contribution in [2.75, 3.05) is 20.3 Å². The van der Waals surface area contributed by atoms with Crippen molar-refractivity contribution < 1.29 is 14.3 Å². The summed E-state index contributed by atoms with van der Waals surface area (Å²) >= 11 is 0. The summed E-state index contributed by atoms with van der Waals surface area (Å²) in [5, 5.41) is 3.86. The van der Waals surface area contributed by atoms with Crippen LogP contribution >= 0.6 is 0 Å². The fraction of sp³-hybridized carbons (Fsp3) is 0.273. The monoisotopic (exact) mass is 362 g/mol. The van der Waals surface area contributed by atoms with Crippen molar-refractivity contribution in [3.63, 3.8) is 0 Å². The Kier molecular flexibility index (Phi) is 5.03. The first-order chi connectivity index (χ1) is 13.2. The van der Waals surface area contributed by atoms with Gasteiger partial charge < -0.3 is 14.8 Å². The van der Waals surface area contributed by atoms with Crippen molar-refractivity contribution in [2.24, 2.45) is 0 Å². The molecule has 2 heterocycles. The fourth-order valence-corrected chi connectivity index (χ4v) is 3.40. The van der Waals surface area contributed by atoms with Crippen LogP contribution in [0.2, 0.25) is 0 Å². The maximum Gasteiger partial charge on any atom is 0.252 e. The molecule has 0 unspecified atom stereocenters. The summed E-state index contributed by atoms with van der Waals surface area (Å²) < 4.78 is 10.9. The fourth-order valence-electron chi connectivity index (χ4n) is 3.40. The van der Waals surface area contributed by atoms with Crippen molar-refractivity contribution in [3.8, 4) is 17.0 Å². The van der Waals surface area contributed by atoms with E-state index in [2.05, 4.69) is 5.32 Å². The lowest BCUT2D eigenvalue weighted by Crippen LogP contribution is -2.31. The van der Waals surface area contributed by atoms with Crippen molar-refractivity contribution >= 4 is 16.8 Å². The number of fused-ring (bicyclic) bond motifs is 1. The van der Waals surface area contributed by atoms with Crippen LogP contribution in [0.3, 0.4) is 0 Å². The normalized spacial score (nSPS) is 16.4. The summed E-state index contributed by atoms with van der Waals surface area (Å²) in [6.07, 6.45) is 2.16. The predicted octanol–water partition coefficient (Wildman–Crippen LogP) is 3.82. The Hall–Kier alpha value is -2.92. The molecule has 0 aliphatic carbocycles. The van der Waals surface area contributed by atoms with E-state index in [0.29, 0.717) is 12.1 Å². The number of pyridine rings is 1. The Bertz CT molecular complexity index is 965. The Labute approximate surface area is 158 Å². The number of carbonyl (C=O) groups is 1. The number of methoxy groups -OCH3 is 1. The van der Waals surface area contributed by atoms with E-state index in [0.717, 1.165) is 47.4 Å². The van der Waals surface area contributed by atoms with Crippen molar-refractivity contribution in [1.82, 2.24) is 10.3 Å². The van der Waals surface area contributed by atoms with Crippen molar-refractivity contribution in [1.29, 1.82) is 0 Å². The van der Waals surface area contributed by atoms with E-state index < -0.39 is 0 Å². The average Bonchev–Trinajstić information content (AvgIpc) is 3.25. The van der Waals surface area contributed by atoms with Gasteiger partial charge in [-0.2, -0.15) is 0 Å². The number of rotatable bonds is 5. The zero-order valence-corrected chi connectivity index (χ0v) is 15.3. The molecule has 2 aromatic carbocycles. The first kappa shape index (κ1) is 17.5. The van der Waals surface area contributed by atoms with Crippen molar-refractivity contribution in [3.05, 3.63) is 60.2 Å². The van der Waals surface area contributed by atoms with Gasteiger partial charge in [0.15, 0.2) is 0 Å². The number of aromatic nitrogens is 1. The molecule has 5 nitrogen and oxygen atoms in total. The number of hydrogen-bond acceptors (Lipinski definition) is 4. The van der Waals surface area contributed by atoms with Crippen LogP contribution in [-0.4, -0.2) is 37.3 Å².